The van der Waals surface area contributed by atoms with E-state index in [9.17, 15) is 36.6 Å². The summed E-state index contributed by atoms with van der Waals surface area (Å²) in [5, 5.41) is 19.3. The molecule has 0 amide bonds. The van der Waals surface area contributed by atoms with Gasteiger partial charge < -0.3 is 10.2 Å². The van der Waals surface area contributed by atoms with Gasteiger partial charge in [0.25, 0.3) is 0 Å². The molecule has 2 N–H and O–H groups in total. The highest BCUT2D eigenvalue weighted by Gasteiger charge is 2.70. The highest BCUT2D eigenvalue weighted by atomic mass is 19.4. The van der Waals surface area contributed by atoms with Crippen molar-refractivity contribution in [2.24, 2.45) is 23.2 Å². The third-order valence-electron chi connectivity index (χ3n) is 8.43. The van der Waals surface area contributed by atoms with Gasteiger partial charge in [-0.25, -0.2) is 0 Å². The van der Waals surface area contributed by atoms with Crippen molar-refractivity contribution >= 4 is 0 Å². The largest absolute Gasteiger partial charge is 0.438 e. The molecule has 8 heteroatoms. The van der Waals surface area contributed by atoms with E-state index in [2.05, 4.69) is 25.7 Å². The maximum atomic E-state index is 12.9. The molecule has 3 rings (SSSR count). The van der Waals surface area contributed by atoms with E-state index in [-0.39, 0.29) is 35.7 Å². The predicted molar refractivity (Wildman–Crippen MR) is 122 cm³/mol. The molecule has 0 heterocycles. The number of aliphatic hydroxyl groups is 2. The lowest BCUT2D eigenvalue weighted by atomic mass is 9.61. The Labute approximate surface area is 203 Å². The third-order valence-corrected chi connectivity index (χ3v) is 8.43. The molecule has 0 aromatic carbocycles. The molecule has 0 aromatic rings. The van der Waals surface area contributed by atoms with E-state index in [4.69, 9.17) is 0 Å². The van der Waals surface area contributed by atoms with Gasteiger partial charge in [-0.05, 0) is 86.0 Å². The second kappa shape index (κ2) is 9.97. The minimum absolute atomic E-state index is 0.106. The molecule has 5 atom stereocenters. The van der Waals surface area contributed by atoms with Crippen LogP contribution in [0.4, 0.5) is 26.3 Å². The fraction of sp³-hybridized carbons (Fsp3) is 0.704. The molecule has 0 bridgehead atoms. The van der Waals surface area contributed by atoms with Crippen molar-refractivity contribution in [2.45, 2.75) is 95.7 Å². The lowest BCUT2D eigenvalue weighted by Gasteiger charge is -2.44. The molecule has 0 spiro atoms. The molecular weight excluding hydrogens is 470 g/mol. The van der Waals surface area contributed by atoms with Gasteiger partial charge in [0.15, 0.2) is 0 Å². The van der Waals surface area contributed by atoms with Crippen molar-refractivity contribution in [3.8, 4) is 11.8 Å². The summed E-state index contributed by atoms with van der Waals surface area (Å²) in [5.41, 5.74) is -1.73. The van der Waals surface area contributed by atoms with Gasteiger partial charge in [0.1, 0.15) is 0 Å². The Hall–Kier alpha value is -1.72. The molecule has 0 radical (unpaired) electrons. The van der Waals surface area contributed by atoms with Crippen molar-refractivity contribution in [3.05, 3.63) is 35.5 Å². The Morgan fingerprint density at radius 3 is 2.37 bits per heavy atom. The van der Waals surface area contributed by atoms with Crippen LogP contribution in [0.15, 0.2) is 35.5 Å². The second-order valence-corrected chi connectivity index (χ2v) is 10.7. The maximum Gasteiger partial charge on any atom is 0.438 e. The lowest BCUT2D eigenvalue weighted by Crippen LogP contribution is -2.55. The van der Waals surface area contributed by atoms with Crippen LogP contribution in [0.2, 0.25) is 0 Å². The Kier molecular flexibility index (Phi) is 7.94. The average Bonchev–Trinajstić information content (AvgIpc) is 3.10. The fourth-order valence-electron chi connectivity index (χ4n) is 6.39. The van der Waals surface area contributed by atoms with Gasteiger partial charge in [-0.3, -0.25) is 0 Å². The normalized spacial score (nSPS) is 33.4. The van der Waals surface area contributed by atoms with Crippen molar-refractivity contribution in [2.75, 3.05) is 0 Å². The summed E-state index contributed by atoms with van der Waals surface area (Å²) in [6.45, 7) is 8.10. The zero-order valence-corrected chi connectivity index (χ0v) is 20.2. The molecule has 0 aliphatic heterocycles. The number of fused-ring (bicyclic) bond motifs is 1. The Bertz CT molecular complexity index is 918. The first-order valence-electron chi connectivity index (χ1n) is 12.2. The first-order valence-corrected chi connectivity index (χ1v) is 12.2. The Balaban J connectivity index is 1.76. The highest BCUT2D eigenvalue weighted by Crippen LogP contribution is 2.59. The van der Waals surface area contributed by atoms with E-state index < -0.39 is 18.0 Å². The van der Waals surface area contributed by atoms with Crippen LogP contribution in [0.3, 0.4) is 0 Å². The molecule has 0 aromatic heterocycles. The number of hydrogen-bond acceptors (Lipinski definition) is 2. The van der Waals surface area contributed by atoms with Gasteiger partial charge in [-0.15, -0.1) is 0 Å². The minimum Gasteiger partial charge on any atom is -0.393 e. The summed E-state index contributed by atoms with van der Waals surface area (Å²) >= 11 is 0. The average molecular weight is 505 g/mol. The quantitative estimate of drug-likeness (QED) is 0.320. The molecular formula is C27H34F6O2. The van der Waals surface area contributed by atoms with E-state index in [1.54, 1.807) is 0 Å². The molecule has 3 fully saturated rings. The maximum absolute atomic E-state index is 12.9. The summed E-state index contributed by atoms with van der Waals surface area (Å²) in [6, 6.07) is 0. The van der Waals surface area contributed by atoms with Crippen LogP contribution in [-0.2, 0) is 0 Å². The summed E-state index contributed by atoms with van der Waals surface area (Å²) in [7, 11) is 0. The van der Waals surface area contributed by atoms with Gasteiger partial charge in [0.2, 0.25) is 0 Å². The smallest absolute Gasteiger partial charge is 0.393 e. The van der Waals surface area contributed by atoms with Gasteiger partial charge in [0, 0.05) is 6.42 Å². The van der Waals surface area contributed by atoms with Crippen LogP contribution in [0.5, 0.6) is 0 Å². The van der Waals surface area contributed by atoms with Crippen LogP contribution in [0, 0.1) is 35.0 Å². The molecule has 2 nitrogen and oxygen atoms in total. The van der Waals surface area contributed by atoms with Crippen molar-refractivity contribution < 1.29 is 36.6 Å². The number of aliphatic hydroxyl groups excluding tert-OH is 1. The van der Waals surface area contributed by atoms with E-state index in [1.165, 1.54) is 5.57 Å². The molecule has 3 saturated carbocycles. The van der Waals surface area contributed by atoms with Crippen LogP contribution in [0.1, 0.15) is 71.6 Å². The van der Waals surface area contributed by atoms with Crippen LogP contribution in [-0.4, -0.2) is 34.3 Å². The van der Waals surface area contributed by atoms with Crippen LogP contribution in [0.25, 0.3) is 0 Å². The summed E-state index contributed by atoms with van der Waals surface area (Å²) in [6.07, 6.45) is -1.50. The molecule has 3 aliphatic carbocycles. The lowest BCUT2D eigenvalue weighted by molar-refractivity contribution is -0.343. The number of hydrogen-bond donors (Lipinski definition) is 2. The standard InChI is InChI=1S/C27H34F6O2/c1-17-8-11-21(34)16-20(17)10-9-19-7-5-14-24(3)22(12-13-23(19)24)18(2)6-4-15-25(35,26(28,29)30)27(31,32)33/h9-10,18,21-23,34-35H,1,5-8,11-14,16H2,2-3H3/b19-9+,20-10-/t18-,21+,22-,23+,24-/m1/s1. The zero-order valence-electron chi connectivity index (χ0n) is 20.2. The van der Waals surface area contributed by atoms with Crippen LogP contribution >= 0.6 is 0 Å². The van der Waals surface area contributed by atoms with Crippen molar-refractivity contribution in [3.63, 3.8) is 0 Å². The monoisotopic (exact) mass is 504 g/mol. The molecule has 0 unspecified atom stereocenters. The molecule has 196 valence electrons. The van der Waals surface area contributed by atoms with Gasteiger partial charge >= 0.3 is 18.0 Å². The van der Waals surface area contributed by atoms with E-state index in [0.29, 0.717) is 6.42 Å². The van der Waals surface area contributed by atoms with Crippen molar-refractivity contribution in [1.82, 2.24) is 0 Å². The van der Waals surface area contributed by atoms with Crippen molar-refractivity contribution in [1.29, 1.82) is 0 Å². The molecule has 3 aliphatic rings. The Morgan fingerprint density at radius 2 is 1.74 bits per heavy atom. The van der Waals surface area contributed by atoms with Crippen LogP contribution < -0.4 is 0 Å². The van der Waals surface area contributed by atoms with E-state index >= 15 is 0 Å². The molecule has 0 saturated heterocycles. The SMILES string of the molecule is C=C1CC[C@H](O)C/C1=C/C=C1\CCC[C@]2(C)[C@@H]([C@H](C)CC#CC(O)(C(F)(F)F)C(F)(F)F)CC[C@@H]12. The number of allylic oxidation sites excluding steroid dienone is 4. The molecule has 35 heavy (non-hydrogen) atoms. The number of halogens is 6. The fourth-order valence-corrected chi connectivity index (χ4v) is 6.39. The first-order chi connectivity index (χ1) is 16.1. The van der Waals surface area contributed by atoms with E-state index in [1.807, 2.05) is 12.8 Å². The number of rotatable bonds is 3. The summed E-state index contributed by atoms with van der Waals surface area (Å²) < 4.78 is 77.4. The minimum atomic E-state index is -5.93. The summed E-state index contributed by atoms with van der Waals surface area (Å²) in [4.78, 5) is 0. The second-order valence-electron chi connectivity index (χ2n) is 10.7. The van der Waals surface area contributed by atoms with Gasteiger partial charge in [-0.2, -0.15) is 26.3 Å². The third kappa shape index (κ3) is 5.51. The summed E-state index contributed by atoms with van der Waals surface area (Å²) in [5.74, 6) is 3.30. The topological polar surface area (TPSA) is 40.5 Å². The first kappa shape index (κ1) is 27.9. The van der Waals surface area contributed by atoms with Gasteiger partial charge in [-0.1, -0.05) is 49.6 Å². The zero-order chi connectivity index (χ0) is 26.2. The number of alkyl halides is 6. The van der Waals surface area contributed by atoms with Gasteiger partial charge in [0.05, 0.1) is 6.10 Å². The Morgan fingerprint density at radius 1 is 1.09 bits per heavy atom. The van der Waals surface area contributed by atoms with E-state index in [0.717, 1.165) is 62.0 Å². The highest BCUT2D eigenvalue weighted by molar-refractivity contribution is 5.36. The predicted octanol–water partition coefficient (Wildman–Crippen LogP) is 7.04.